The van der Waals surface area contributed by atoms with Crippen LogP contribution in [-0.4, -0.2) is 64.1 Å². The summed E-state index contributed by atoms with van der Waals surface area (Å²) in [7, 11) is 0. The van der Waals surface area contributed by atoms with Gasteiger partial charge in [0.2, 0.25) is 0 Å². The molecule has 0 radical (unpaired) electrons. The number of hydrogen-bond acceptors (Lipinski definition) is 6. The zero-order valence-corrected chi connectivity index (χ0v) is 21.4. The molecular weight excluding hydrogens is 456 g/mol. The maximum Gasteiger partial charge on any atom is 0.119 e. The lowest BCUT2D eigenvalue weighted by Crippen LogP contribution is -2.11. The van der Waals surface area contributed by atoms with Crippen molar-refractivity contribution < 1.29 is 28.4 Å². The number of rotatable bonds is 14. The maximum absolute atomic E-state index is 5.81. The number of ether oxygens (including phenoxy) is 6. The predicted molar refractivity (Wildman–Crippen MR) is 139 cm³/mol. The van der Waals surface area contributed by atoms with Crippen molar-refractivity contribution in [2.45, 2.75) is 63.4 Å². The van der Waals surface area contributed by atoms with E-state index in [-0.39, 0.29) is 12.2 Å². The molecule has 2 aromatic rings. The predicted octanol–water partition coefficient (Wildman–Crippen LogP) is 5.40. The van der Waals surface area contributed by atoms with Gasteiger partial charge in [0.15, 0.2) is 0 Å². The largest absolute Gasteiger partial charge is 0.491 e. The summed E-state index contributed by atoms with van der Waals surface area (Å²) in [5.74, 6) is 2.33. The highest BCUT2D eigenvalue weighted by Gasteiger charge is 2.34. The lowest BCUT2D eigenvalue weighted by molar-refractivity contribution is 0.0878. The molecule has 2 fully saturated rings. The van der Waals surface area contributed by atoms with E-state index in [0.29, 0.717) is 57.8 Å². The Labute approximate surface area is 214 Å². The smallest absolute Gasteiger partial charge is 0.119 e. The van der Waals surface area contributed by atoms with Crippen LogP contribution in [0.5, 0.6) is 11.5 Å². The van der Waals surface area contributed by atoms with Crippen LogP contribution in [0.3, 0.4) is 0 Å². The Balaban J connectivity index is 1.00. The van der Waals surface area contributed by atoms with Gasteiger partial charge in [-0.15, -0.1) is 0 Å². The Morgan fingerprint density at radius 3 is 1.72 bits per heavy atom. The van der Waals surface area contributed by atoms with Crippen molar-refractivity contribution >= 4 is 5.57 Å². The van der Waals surface area contributed by atoms with E-state index in [2.05, 4.69) is 68.5 Å². The Morgan fingerprint density at radius 2 is 1.25 bits per heavy atom. The number of epoxide rings is 2. The van der Waals surface area contributed by atoms with Gasteiger partial charge in [0.25, 0.3) is 0 Å². The van der Waals surface area contributed by atoms with Crippen molar-refractivity contribution in [3.05, 3.63) is 65.7 Å². The minimum absolute atomic E-state index is 0.272. The first-order valence-corrected chi connectivity index (χ1v) is 13.3. The van der Waals surface area contributed by atoms with Crippen molar-refractivity contribution in [1.82, 2.24) is 0 Å². The molecule has 0 amide bonds. The molecule has 5 atom stereocenters. The van der Waals surface area contributed by atoms with Gasteiger partial charge in [-0.05, 0) is 80.0 Å². The highest BCUT2D eigenvalue weighted by atomic mass is 16.6. The lowest BCUT2D eigenvalue weighted by Gasteiger charge is -2.23. The molecule has 0 spiro atoms. The van der Waals surface area contributed by atoms with Crippen LogP contribution in [0.1, 0.15) is 50.2 Å². The monoisotopic (exact) mass is 494 g/mol. The highest BCUT2D eigenvalue weighted by Crippen LogP contribution is 2.36. The molecule has 36 heavy (non-hydrogen) atoms. The van der Waals surface area contributed by atoms with Gasteiger partial charge in [-0.3, -0.25) is 0 Å². The van der Waals surface area contributed by atoms with E-state index in [1.807, 2.05) is 0 Å². The molecule has 6 heteroatoms. The molecule has 5 rings (SSSR count). The van der Waals surface area contributed by atoms with Crippen LogP contribution in [0.15, 0.2) is 54.6 Å². The molecule has 194 valence electrons. The molecule has 2 aromatic carbocycles. The zero-order chi connectivity index (χ0) is 24.7. The maximum atomic E-state index is 5.81. The first-order chi connectivity index (χ1) is 17.7. The summed E-state index contributed by atoms with van der Waals surface area (Å²) < 4.78 is 33.5. The molecule has 5 unspecified atom stereocenters. The van der Waals surface area contributed by atoms with Gasteiger partial charge in [0, 0.05) is 0 Å². The molecule has 0 aromatic heterocycles. The van der Waals surface area contributed by atoms with Crippen molar-refractivity contribution in [1.29, 1.82) is 0 Å². The average Bonchev–Trinajstić information content (AvgIpc) is 3.82. The summed E-state index contributed by atoms with van der Waals surface area (Å²) in [5.41, 5.74) is 4.08. The molecule has 2 aliphatic heterocycles. The number of allylic oxidation sites excluding steroid dienone is 2. The number of hydrogen-bond donors (Lipinski definition) is 0. The molecule has 6 nitrogen and oxygen atoms in total. The van der Waals surface area contributed by atoms with Gasteiger partial charge in [-0.1, -0.05) is 30.3 Å². The summed E-state index contributed by atoms with van der Waals surface area (Å²) in [6.45, 7) is 7.72. The quantitative estimate of drug-likeness (QED) is 0.259. The molecule has 2 heterocycles. The third-order valence-corrected chi connectivity index (χ3v) is 7.22. The van der Waals surface area contributed by atoms with Crippen LogP contribution in [0.4, 0.5) is 0 Å². The highest BCUT2D eigenvalue weighted by molar-refractivity contribution is 5.67. The Bertz CT molecular complexity index is 986. The van der Waals surface area contributed by atoms with E-state index >= 15 is 0 Å². The van der Waals surface area contributed by atoms with Gasteiger partial charge < -0.3 is 28.4 Å². The average molecular weight is 495 g/mol. The van der Waals surface area contributed by atoms with E-state index in [0.717, 1.165) is 30.8 Å². The molecule has 0 bridgehead atoms. The summed E-state index contributed by atoms with van der Waals surface area (Å²) >= 11 is 0. The zero-order valence-electron chi connectivity index (χ0n) is 21.4. The first kappa shape index (κ1) is 25.3. The van der Waals surface area contributed by atoms with E-state index < -0.39 is 0 Å². The molecule has 2 saturated heterocycles. The van der Waals surface area contributed by atoms with Crippen LogP contribution in [-0.2, 0) is 18.9 Å². The van der Waals surface area contributed by atoms with Gasteiger partial charge in [-0.2, -0.15) is 0 Å². The summed E-state index contributed by atoms with van der Waals surface area (Å²) in [6.07, 6.45) is 6.92. The van der Waals surface area contributed by atoms with Crippen LogP contribution in [0, 0.1) is 0 Å². The minimum atomic E-state index is 0.272. The van der Waals surface area contributed by atoms with Crippen molar-refractivity contribution in [3.8, 4) is 11.5 Å². The SMILES string of the molecule is CC1OC1COCCOc1ccc(C2=CCC(c3ccc(OCCOCC4OC4C)cc3)CC2)cc1. The van der Waals surface area contributed by atoms with E-state index in [1.54, 1.807) is 0 Å². The fourth-order valence-electron chi connectivity index (χ4n) is 4.65. The van der Waals surface area contributed by atoms with Gasteiger partial charge >= 0.3 is 0 Å². The lowest BCUT2D eigenvalue weighted by atomic mass is 9.83. The van der Waals surface area contributed by atoms with Gasteiger partial charge in [0.05, 0.1) is 38.6 Å². The van der Waals surface area contributed by atoms with Crippen molar-refractivity contribution in [3.63, 3.8) is 0 Å². The summed E-state index contributed by atoms with van der Waals surface area (Å²) in [6, 6.07) is 17.0. The van der Waals surface area contributed by atoms with Gasteiger partial charge in [0.1, 0.15) is 36.9 Å². The Kier molecular flexibility index (Phi) is 8.59. The van der Waals surface area contributed by atoms with E-state index in [4.69, 9.17) is 28.4 Å². The minimum Gasteiger partial charge on any atom is -0.491 e. The summed E-state index contributed by atoms with van der Waals surface area (Å²) in [4.78, 5) is 0. The van der Waals surface area contributed by atoms with E-state index in [9.17, 15) is 0 Å². The third-order valence-electron chi connectivity index (χ3n) is 7.22. The first-order valence-electron chi connectivity index (χ1n) is 13.3. The second-order valence-electron chi connectivity index (χ2n) is 9.90. The van der Waals surface area contributed by atoms with Gasteiger partial charge in [-0.25, -0.2) is 0 Å². The third kappa shape index (κ3) is 7.32. The normalized spacial score (nSPS) is 26.8. The fraction of sp³-hybridized carbons (Fsp3) is 0.533. The standard InChI is InChI=1S/C30H38O6/c1-21-29(35-21)19-31-15-17-33-27-11-7-25(8-12-27)23-3-5-24(6-4-23)26-9-13-28(14-10-26)34-18-16-32-20-30-22(2)36-30/h3,7-14,21-22,24,29-30H,4-6,15-20H2,1-2H3. The molecule has 0 saturated carbocycles. The second-order valence-corrected chi connectivity index (χ2v) is 9.90. The Morgan fingerprint density at radius 1 is 0.722 bits per heavy atom. The van der Waals surface area contributed by atoms with Crippen molar-refractivity contribution in [2.75, 3.05) is 39.6 Å². The van der Waals surface area contributed by atoms with E-state index in [1.165, 1.54) is 16.7 Å². The van der Waals surface area contributed by atoms with Crippen LogP contribution < -0.4 is 9.47 Å². The Hall–Kier alpha value is -2.38. The second kappa shape index (κ2) is 12.2. The molecule has 0 N–H and O–H groups in total. The topological polar surface area (TPSA) is 62.0 Å². The number of benzene rings is 2. The molecular formula is C30H38O6. The molecule has 3 aliphatic rings. The van der Waals surface area contributed by atoms with Crippen LogP contribution in [0.25, 0.3) is 5.57 Å². The summed E-state index contributed by atoms with van der Waals surface area (Å²) in [5, 5.41) is 0. The van der Waals surface area contributed by atoms with Crippen LogP contribution >= 0.6 is 0 Å². The molecule has 1 aliphatic carbocycles. The fourth-order valence-corrected chi connectivity index (χ4v) is 4.65. The van der Waals surface area contributed by atoms with Crippen LogP contribution in [0.2, 0.25) is 0 Å². The van der Waals surface area contributed by atoms with Crippen molar-refractivity contribution in [2.24, 2.45) is 0 Å².